The van der Waals surface area contributed by atoms with E-state index in [2.05, 4.69) is 28.4 Å². The number of hydrogen-bond donors (Lipinski definition) is 0. The zero-order valence-corrected chi connectivity index (χ0v) is 57.8. The lowest BCUT2D eigenvalue weighted by atomic mass is 10.2. The van der Waals surface area contributed by atoms with Crippen LogP contribution >= 0.6 is 0 Å². The van der Waals surface area contributed by atoms with Crippen LogP contribution in [0.4, 0.5) is 0 Å². The summed E-state index contributed by atoms with van der Waals surface area (Å²) < 4.78 is 63.5. The van der Waals surface area contributed by atoms with Gasteiger partial charge in [0.15, 0.2) is 40.5 Å². The topological polar surface area (TPSA) is 342 Å². The van der Waals surface area contributed by atoms with E-state index >= 15 is 0 Å². The molecule has 0 aliphatic carbocycles. The molecule has 26 nitrogen and oxygen atoms in total. The maximum absolute atomic E-state index is 10.9. The fourth-order valence-corrected chi connectivity index (χ4v) is 3.31. The van der Waals surface area contributed by atoms with E-state index in [0.29, 0.717) is 0 Å². The average Bonchev–Trinajstić information content (AvgIpc) is 3.32. The van der Waals surface area contributed by atoms with Crippen LogP contribution in [0.3, 0.4) is 0 Å². The minimum atomic E-state index is -0.509. The summed E-state index contributed by atoms with van der Waals surface area (Å²) in [7, 11) is 0. The van der Waals surface area contributed by atoms with Crippen molar-refractivity contribution in [1.29, 1.82) is 0 Å². The molecule has 0 bridgehead atoms. The molecule has 0 aromatic carbocycles. The summed E-state index contributed by atoms with van der Waals surface area (Å²) in [6.07, 6.45) is 0. The van der Waals surface area contributed by atoms with Gasteiger partial charge in [0, 0.05) is 0 Å². The Hall–Kier alpha value is -5.77. The van der Waals surface area contributed by atoms with Crippen molar-refractivity contribution in [3.05, 3.63) is 0 Å². The van der Waals surface area contributed by atoms with E-state index in [4.69, 9.17) is 33.2 Å². The molecular formula is C62H114O26. The van der Waals surface area contributed by atoms with E-state index in [1.165, 1.54) is 48.5 Å². The van der Waals surface area contributed by atoms with Crippen LogP contribution in [0.1, 0.15) is 201 Å². The molecular weight excluding hydrogens is 1160 g/mol. The van der Waals surface area contributed by atoms with Gasteiger partial charge in [-0.05, 0) is 194 Å². The standard InChI is InChI=1S/6C9H16O4.C7H14O2.CH4/c6*1-7(10)5-12-8(11)6-13-9(2,3)4;1-6(8)5-9-7(2,3)4;/h6*5-6H2,1-4H3;5H2,1-4H3;1H4. The second-order valence-corrected chi connectivity index (χ2v) is 25.7. The van der Waals surface area contributed by atoms with Gasteiger partial charge in [0.25, 0.3) is 0 Å². The van der Waals surface area contributed by atoms with Gasteiger partial charge in [0.1, 0.15) is 85.9 Å². The highest BCUT2D eigenvalue weighted by molar-refractivity contribution is 5.83. The van der Waals surface area contributed by atoms with Gasteiger partial charge in [-0.2, -0.15) is 0 Å². The highest BCUT2D eigenvalue weighted by atomic mass is 16.6. The van der Waals surface area contributed by atoms with E-state index in [9.17, 15) is 62.3 Å². The summed E-state index contributed by atoms with van der Waals surface area (Å²) >= 11 is 0. The summed E-state index contributed by atoms with van der Waals surface area (Å²) in [5, 5.41) is 0. The van der Waals surface area contributed by atoms with Crippen molar-refractivity contribution < 1.29 is 124 Å². The van der Waals surface area contributed by atoms with Crippen LogP contribution in [-0.2, 0) is 124 Å². The number of carbonyl (C=O) groups excluding carboxylic acids is 13. The first kappa shape index (κ1) is 98.5. The molecule has 0 N–H and O–H groups in total. The summed E-state index contributed by atoms with van der Waals surface area (Å²) in [5.41, 5.74) is -2.38. The van der Waals surface area contributed by atoms with Crippen molar-refractivity contribution in [2.45, 2.75) is 240 Å². The minimum absolute atomic E-state index is 0. The number of hydrogen-bond acceptors (Lipinski definition) is 26. The molecule has 0 saturated carbocycles. The van der Waals surface area contributed by atoms with E-state index in [0.717, 1.165) is 0 Å². The van der Waals surface area contributed by atoms with Gasteiger partial charge in [0.05, 0.1) is 39.2 Å². The maximum Gasteiger partial charge on any atom is 0.332 e. The van der Waals surface area contributed by atoms with Crippen molar-refractivity contribution >= 4 is 76.3 Å². The number of rotatable bonds is 26. The summed E-state index contributed by atoms with van der Waals surface area (Å²) in [4.78, 5) is 138. The first-order chi connectivity index (χ1) is 38.8. The second kappa shape index (κ2) is 51.0. The zero-order chi connectivity index (χ0) is 70.4. The number of esters is 6. The predicted molar refractivity (Wildman–Crippen MR) is 327 cm³/mol. The average molecular weight is 1280 g/mol. The number of ketones is 7. The van der Waals surface area contributed by atoms with E-state index in [-0.39, 0.29) is 173 Å². The molecule has 0 saturated heterocycles. The number of ether oxygens (including phenoxy) is 13. The smallest absolute Gasteiger partial charge is 0.332 e. The van der Waals surface area contributed by atoms with E-state index in [1.54, 1.807) is 0 Å². The van der Waals surface area contributed by atoms with E-state index < -0.39 is 35.8 Å². The Morgan fingerprint density at radius 3 is 0.341 bits per heavy atom. The normalized spacial score (nSPS) is 11.0. The molecule has 0 aliphatic rings. The van der Waals surface area contributed by atoms with Gasteiger partial charge in [0.2, 0.25) is 0 Å². The summed E-state index contributed by atoms with van der Waals surface area (Å²) in [6.45, 7) is 47.0. The monoisotopic (exact) mass is 1270 g/mol. The molecule has 0 fully saturated rings. The van der Waals surface area contributed by atoms with Crippen molar-refractivity contribution in [3.8, 4) is 0 Å². The fraction of sp³-hybridized carbons (Fsp3) is 0.790. The Labute approximate surface area is 525 Å². The van der Waals surface area contributed by atoms with Crippen LogP contribution in [0, 0.1) is 0 Å². The maximum atomic E-state index is 10.9. The molecule has 0 atom stereocenters. The fourth-order valence-electron chi connectivity index (χ4n) is 3.31. The molecule has 0 aromatic heterocycles. The van der Waals surface area contributed by atoms with Crippen molar-refractivity contribution in [3.63, 3.8) is 0 Å². The Morgan fingerprint density at radius 2 is 0.273 bits per heavy atom. The number of Topliss-reactive ketones (excluding diaryl/α,β-unsaturated/α-hetero) is 7. The number of carbonyl (C=O) groups is 13. The Kier molecular flexibility index (Phi) is 57.1. The molecule has 0 amide bonds. The van der Waals surface area contributed by atoms with Crippen LogP contribution in [0.2, 0.25) is 0 Å². The van der Waals surface area contributed by atoms with Crippen LogP contribution in [-0.4, -0.2) is 201 Å². The predicted octanol–water partition coefficient (Wildman–Crippen LogP) is 7.63. The van der Waals surface area contributed by atoms with Gasteiger partial charge in [-0.15, -0.1) is 0 Å². The van der Waals surface area contributed by atoms with Crippen molar-refractivity contribution in [2.24, 2.45) is 0 Å². The molecule has 0 unspecified atom stereocenters. The van der Waals surface area contributed by atoms with E-state index in [1.807, 2.05) is 145 Å². The lowest BCUT2D eigenvalue weighted by molar-refractivity contribution is -0.156. The minimum Gasteiger partial charge on any atom is -0.456 e. The molecule has 0 radical (unpaired) electrons. The van der Waals surface area contributed by atoms with Gasteiger partial charge in [-0.25, -0.2) is 28.8 Å². The van der Waals surface area contributed by atoms with Crippen molar-refractivity contribution in [1.82, 2.24) is 0 Å². The third-order valence-electron chi connectivity index (χ3n) is 7.07. The molecule has 518 valence electrons. The highest BCUT2D eigenvalue weighted by Crippen LogP contribution is 2.10. The van der Waals surface area contributed by atoms with Crippen LogP contribution in [0.25, 0.3) is 0 Å². The lowest BCUT2D eigenvalue weighted by Crippen LogP contribution is -2.25. The third kappa shape index (κ3) is 115. The van der Waals surface area contributed by atoms with Gasteiger partial charge >= 0.3 is 35.8 Å². The van der Waals surface area contributed by atoms with Crippen LogP contribution < -0.4 is 0 Å². The molecule has 0 rings (SSSR count). The largest absolute Gasteiger partial charge is 0.456 e. The lowest BCUT2D eigenvalue weighted by Gasteiger charge is -2.18. The molecule has 26 heteroatoms. The summed E-state index contributed by atoms with van der Waals surface area (Å²) in [5.74, 6) is -4.04. The first-order valence-electron chi connectivity index (χ1n) is 27.7. The Bertz CT molecular complexity index is 1720. The Balaban J connectivity index is -0.000000142. The Morgan fingerprint density at radius 1 is 0.182 bits per heavy atom. The molecule has 0 heterocycles. The van der Waals surface area contributed by atoms with Gasteiger partial charge < -0.3 is 61.6 Å². The SMILES string of the molecule is C.CC(=O)COC(=O)COC(C)(C)C.CC(=O)COC(=O)COC(C)(C)C.CC(=O)COC(=O)COC(C)(C)C.CC(=O)COC(=O)COC(C)(C)C.CC(=O)COC(=O)COC(C)(C)C.CC(=O)COC(=O)COC(C)(C)C.CC(=O)COC(C)(C)C. The van der Waals surface area contributed by atoms with Crippen molar-refractivity contribution in [2.75, 3.05) is 85.9 Å². The second-order valence-electron chi connectivity index (χ2n) is 25.7. The van der Waals surface area contributed by atoms with Gasteiger partial charge in [-0.1, -0.05) is 7.43 Å². The summed E-state index contributed by atoms with van der Waals surface area (Å²) in [6, 6.07) is 0. The van der Waals surface area contributed by atoms with Crippen LogP contribution in [0.5, 0.6) is 0 Å². The zero-order valence-electron chi connectivity index (χ0n) is 57.8. The third-order valence-corrected chi connectivity index (χ3v) is 7.07. The first-order valence-corrected chi connectivity index (χ1v) is 27.7. The molecule has 88 heavy (non-hydrogen) atoms. The quantitative estimate of drug-likeness (QED) is 0.0593. The molecule has 0 aromatic rings. The van der Waals surface area contributed by atoms with Crippen LogP contribution in [0.15, 0.2) is 0 Å². The van der Waals surface area contributed by atoms with Gasteiger partial charge in [-0.3, -0.25) is 33.6 Å². The molecule has 0 spiro atoms. The highest BCUT2D eigenvalue weighted by Gasteiger charge is 2.19. The molecule has 0 aliphatic heterocycles.